The lowest BCUT2D eigenvalue weighted by Gasteiger charge is -2.05. The Morgan fingerprint density at radius 2 is 2.20 bits per heavy atom. The van der Waals surface area contributed by atoms with E-state index in [1.807, 2.05) is 18.2 Å². The predicted octanol–water partition coefficient (Wildman–Crippen LogP) is 2.69. The third-order valence-corrected chi connectivity index (χ3v) is 2.75. The van der Waals surface area contributed by atoms with Crippen molar-refractivity contribution in [3.63, 3.8) is 0 Å². The largest absolute Gasteiger partial charge is 0.497 e. The number of ether oxygens (including phenoxy) is 1. The fourth-order valence-corrected chi connectivity index (χ4v) is 1.75. The first-order valence-electron chi connectivity index (χ1n) is 4.26. The summed E-state index contributed by atoms with van der Waals surface area (Å²) in [6.45, 7) is 0. The average molecular weight is 269 g/mol. The molecule has 4 nitrogen and oxygen atoms in total. The summed E-state index contributed by atoms with van der Waals surface area (Å²) < 4.78 is 10.9. The zero-order valence-electron chi connectivity index (χ0n) is 8.03. The van der Waals surface area contributed by atoms with Crippen molar-refractivity contribution in [1.82, 2.24) is 5.16 Å². The number of aromatic nitrogens is 1. The molecule has 1 aromatic carbocycles. The first kappa shape index (κ1) is 10.0. The van der Waals surface area contributed by atoms with Gasteiger partial charge in [0, 0.05) is 10.0 Å². The van der Waals surface area contributed by atoms with Crippen LogP contribution < -0.4 is 10.5 Å². The maximum atomic E-state index is 5.64. The molecule has 1 heterocycles. The van der Waals surface area contributed by atoms with Gasteiger partial charge in [0.25, 0.3) is 0 Å². The molecule has 0 spiro atoms. The van der Waals surface area contributed by atoms with Crippen molar-refractivity contribution < 1.29 is 9.26 Å². The Morgan fingerprint density at radius 3 is 2.80 bits per heavy atom. The Balaban J connectivity index is 2.56. The van der Waals surface area contributed by atoms with Crippen molar-refractivity contribution in [2.24, 2.45) is 0 Å². The van der Waals surface area contributed by atoms with Crippen LogP contribution >= 0.6 is 15.9 Å². The van der Waals surface area contributed by atoms with Crippen LogP contribution in [0.1, 0.15) is 0 Å². The average Bonchev–Trinajstić information content (AvgIpc) is 2.65. The van der Waals surface area contributed by atoms with E-state index in [2.05, 4.69) is 21.1 Å². The summed E-state index contributed by atoms with van der Waals surface area (Å²) in [4.78, 5) is 0. The van der Waals surface area contributed by atoms with E-state index in [1.165, 1.54) is 0 Å². The van der Waals surface area contributed by atoms with Crippen LogP contribution in [-0.4, -0.2) is 12.3 Å². The Kier molecular flexibility index (Phi) is 2.64. The number of hydrogen-bond acceptors (Lipinski definition) is 4. The number of nitrogens with zero attached hydrogens (tertiary/aromatic N) is 1. The van der Waals surface area contributed by atoms with Gasteiger partial charge in [-0.05, 0) is 18.2 Å². The summed E-state index contributed by atoms with van der Waals surface area (Å²) in [5.41, 5.74) is 7.29. The summed E-state index contributed by atoms with van der Waals surface area (Å²) in [6, 6.07) is 5.62. The zero-order valence-corrected chi connectivity index (χ0v) is 9.61. The lowest BCUT2D eigenvalue weighted by atomic mass is 10.1. The lowest BCUT2D eigenvalue weighted by molar-refractivity contribution is 0.415. The quantitative estimate of drug-likeness (QED) is 0.910. The lowest BCUT2D eigenvalue weighted by Crippen LogP contribution is -1.88. The molecule has 1 aromatic heterocycles. The van der Waals surface area contributed by atoms with Crippen LogP contribution in [0.15, 0.2) is 33.4 Å². The van der Waals surface area contributed by atoms with E-state index >= 15 is 0 Å². The Morgan fingerprint density at radius 1 is 1.40 bits per heavy atom. The summed E-state index contributed by atoms with van der Waals surface area (Å²) in [5, 5.41) is 3.63. The molecular weight excluding hydrogens is 260 g/mol. The molecule has 78 valence electrons. The van der Waals surface area contributed by atoms with Gasteiger partial charge in [0.2, 0.25) is 5.88 Å². The van der Waals surface area contributed by atoms with Gasteiger partial charge < -0.3 is 15.0 Å². The molecule has 15 heavy (non-hydrogen) atoms. The first-order valence-corrected chi connectivity index (χ1v) is 5.05. The van der Waals surface area contributed by atoms with E-state index < -0.39 is 0 Å². The van der Waals surface area contributed by atoms with Gasteiger partial charge in [0.1, 0.15) is 5.75 Å². The third-order valence-electron chi connectivity index (χ3n) is 2.06. The maximum absolute atomic E-state index is 5.64. The van der Waals surface area contributed by atoms with Crippen molar-refractivity contribution in [2.45, 2.75) is 0 Å². The highest BCUT2D eigenvalue weighted by molar-refractivity contribution is 9.10. The van der Waals surface area contributed by atoms with E-state index in [4.69, 9.17) is 15.0 Å². The standard InChI is InChI=1S/C10H9BrN2O2/c1-14-6-2-3-9(11)7(4-6)8-5-13-15-10(8)12/h2-5H,12H2,1H3. The molecule has 0 radical (unpaired) electrons. The molecule has 0 bridgehead atoms. The second-order valence-corrected chi connectivity index (χ2v) is 3.80. The van der Waals surface area contributed by atoms with Gasteiger partial charge in [0.15, 0.2) is 0 Å². The molecular formula is C10H9BrN2O2. The minimum Gasteiger partial charge on any atom is -0.497 e. The second kappa shape index (κ2) is 3.94. The zero-order chi connectivity index (χ0) is 10.8. The molecule has 0 saturated heterocycles. The van der Waals surface area contributed by atoms with Crippen molar-refractivity contribution >= 4 is 21.8 Å². The summed E-state index contributed by atoms with van der Waals surface area (Å²) in [7, 11) is 1.62. The van der Waals surface area contributed by atoms with Gasteiger partial charge in [-0.1, -0.05) is 21.1 Å². The summed E-state index contributed by atoms with van der Waals surface area (Å²) >= 11 is 3.43. The molecule has 2 N–H and O–H groups in total. The molecule has 0 aliphatic rings. The highest BCUT2D eigenvalue weighted by Crippen LogP contribution is 2.34. The van der Waals surface area contributed by atoms with Gasteiger partial charge in [0.05, 0.1) is 18.9 Å². The van der Waals surface area contributed by atoms with E-state index in [0.717, 1.165) is 21.3 Å². The molecule has 2 aromatic rings. The molecule has 0 saturated carbocycles. The van der Waals surface area contributed by atoms with Crippen LogP contribution in [0, 0.1) is 0 Å². The second-order valence-electron chi connectivity index (χ2n) is 2.95. The first-order chi connectivity index (χ1) is 7.22. The normalized spacial score (nSPS) is 10.3. The Bertz CT molecular complexity index is 482. The summed E-state index contributed by atoms with van der Waals surface area (Å²) in [6.07, 6.45) is 1.58. The number of benzene rings is 1. The maximum Gasteiger partial charge on any atom is 0.229 e. The van der Waals surface area contributed by atoms with Gasteiger partial charge in [-0.2, -0.15) is 0 Å². The predicted molar refractivity (Wildman–Crippen MR) is 60.6 cm³/mol. The highest BCUT2D eigenvalue weighted by atomic mass is 79.9. The Labute approximate surface area is 95.1 Å². The van der Waals surface area contributed by atoms with Gasteiger partial charge in [-0.3, -0.25) is 0 Å². The van der Waals surface area contributed by atoms with E-state index in [1.54, 1.807) is 13.3 Å². The van der Waals surface area contributed by atoms with E-state index in [0.29, 0.717) is 5.88 Å². The van der Waals surface area contributed by atoms with Crippen molar-refractivity contribution in [3.8, 4) is 16.9 Å². The number of nitrogen functional groups attached to an aromatic ring is 1. The van der Waals surface area contributed by atoms with E-state index in [9.17, 15) is 0 Å². The van der Waals surface area contributed by atoms with Crippen molar-refractivity contribution in [2.75, 3.05) is 12.8 Å². The topological polar surface area (TPSA) is 61.3 Å². The van der Waals surface area contributed by atoms with Crippen LogP contribution in [-0.2, 0) is 0 Å². The molecule has 0 unspecified atom stereocenters. The number of rotatable bonds is 2. The van der Waals surface area contributed by atoms with Crippen LogP contribution in [0.3, 0.4) is 0 Å². The minimum absolute atomic E-state index is 0.295. The Hall–Kier alpha value is -1.49. The molecule has 5 heteroatoms. The van der Waals surface area contributed by atoms with Crippen molar-refractivity contribution in [3.05, 3.63) is 28.9 Å². The minimum atomic E-state index is 0.295. The van der Waals surface area contributed by atoms with Gasteiger partial charge >= 0.3 is 0 Å². The number of nitrogens with two attached hydrogens (primary N) is 1. The fourth-order valence-electron chi connectivity index (χ4n) is 1.29. The number of hydrogen-bond donors (Lipinski definition) is 1. The van der Waals surface area contributed by atoms with Crippen LogP contribution in [0.25, 0.3) is 11.1 Å². The molecule has 0 atom stereocenters. The number of methoxy groups -OCH3 is 1. The molecule has 0 aliphatic carbocycles. The highest BCUT2D eigenvalue weighted by Gasteiger charge is 2.11. The molecule has 0 aliphatic heterocycles. The van der Waals surface area contributed by atoms with Crippen LogP contribution in [0.5, 0.6) is 5.75 Å². The van der Waals surface area contributed by atoms with Crippen LogP contribution in [0.2, 0.25) is 0 Å². The van der Waals surface area contributed by atoms with Gasteiger partial charge in [-0.25, -0.2) is 0 Å². The molecule has 0 fully saturated rings. The molecule has 0 amide bonds. The SMILES string of the molecule is COc1ccc(Br)c(-c2cnoc2N)c1. The summed E-state index contributed by atoms with van der Waals surface area (Å²) in [5.74, 6) is 1.05. The number of halogens is 1. The van der Waals surface area contributed by atoms with Crippen molar-refractivity contribution in [1.29, 1.82) is 0 Å². The van der Waals surface area contributed by atoms with Crippen LogP contribution in [0.4, 0.5) is 5.88 Å². The third kappa shape index (κ3) is 1.83. The fraction of sp³-hybridized carbons (Fsp3) is 0.100. The van der Waals surface area contributed by atoms with Gasteiger partial charge in [-0.15, -0.1) is 0 Å². The smallest absolute Gasteiger partial charge is 0.229 e. The monoisotopic (exact) mass is 268 g/mol. The number of anilines is 1. The van der Waals surface area contributed by atoms with E-state index in [-0.39, 0.29) is 0 Å². The molecule has 2 rings (SSSR count).